The molecule has 1 aliphatic carbocycles. The van der Waals surface area contributed by atoms with E-state index < -0.39 is 5.41 Å². The second-order valence-corrected chi connectivity index (χ2v) is 15.5. The number of aromatic nitrogens is 3. The fourth-order valence-electron chi connectivity index (χ4n) is 9.73. The average Bonchev–Trinajstić information content (AvgIpc) is 3.62. The first-order chi connectivity index (χ1) is 29.8. The van der Waals surface area contributed by atoms with Crippen LogP contribution in [0.5, 0.6) is 0 Å². The number of fused-ring (bicyclic) bond motifs is 10. The lowest BCUT2D eigenvalue weighted by Gasteiger charge is -2.45. The Balaban J connectivity index is 1.13. The Morgan fingerprint density at radius 2 is 0.833 bits per heavy atom. The van der Waals surface area contributed by atoms with Crippen LogP contribution < -0.4 is 4.90 Å². The molecule has 1 spiro atoms. The lowest BCUT2D eigenvalue weighted by molar-refractivity contribution is 0.753. The highest BCUT2D eigenvalue weighted by Gasteiger charge is 2.51. The first-order valence-corrected chi connectivity index (χ1v) is 20.4. The van der Waals surface area contributed by atoms with E-state index in [-0.39, 0.29) is 0 Å². The van der Waals surface area contributed by atoms with Crippen molar-refractivity contribution in [3.8, 4) is 56.4 Å². The van der Waals surface area contributed by atoms with Crippen molar-refractivity contribution in [1.82, 2.24) is 15.0 Å². The van der Waals surface area contributed by atoms with Gasteiger partial charge in [0.25, 0.3) is 0 Å². The minimum Gasteiger partial charge on any atom is -0.310 e. The molecule has 1 aromatic heterocycles. The molecule has 0 fully saturated rings. The van der Waals surface area contributed by atoms with E-state index in [9.17, 15) is 0 Å². The van der Waals surface area contributed by atoms with Crippen LogP contribution in [0.2, 0.25) is 0 Å². The van der Waals surface area contributed by atoms with Gasteiger partial charge in [0.2, 0.25) is 0 Å². The molecule has 4 heteroatoms. The molecule has 2 heterocycles. The molecule has 0 radical (unpaired) electrons. The molecule has 60 heavy (non-hydrogen) atoms. The van der Waals surface area contributed by atoms with Gasteiger partial charge in [0.1, 0.15) is 0 Å². The van der Waals surface area contributed by atoms with E-state index in [0.29, 0.717) is 17.5 Å². The summed E-state index contributed by atoms with van der Waals surface area (Å²) in [6.45, 7) is 0. The highest BCUT2D eigenvalue weighted by atomic mass is 15.2. The maximum Gasteiger partial charge on any atom is 0.164 e. The van der Waals surface area contributed by atoms with Crippen molar-refractivity contribution in [2.24, 2.45) is 0 Å². The molecule has 0 N–H and O–H groups in total. The molecule has 0 atom stereocenters. The summed E-state index contributed by atoms with van der Waals surface area (Å²) in [5.74, 6) is 1.92. The summed E-state index contributed by atoms with van der Waals surface area (Å²) in [4.78, 5) is 17.9. The predicted molar refractivity (Wildman–Crippen MR) is 245 cm³/mol. The molecule has 0 saturated heterocycles. The molecular weight excluding hydrogens is 729 g/mol. The van der Waals surface area contributed by atoms with Gasteiger partial charge in [-0.15, -0.1) is 0 Å². The van der Waals surface area contributed by atoms with Crippen LogP contribution in [0.1, 0.15) is 22.3 Å². The molecular formula is C56H36N4. The Morgan fingerprint density at radius 3 is 1.50 bits per heavy atom. The smallest absolute Gasteiger partial charge is 0.164 e. The normalized spacial score (nSPS) is 13.1. The molecule has 10 aromatic rings. The number of nitrogens with zero attached hydrogens (tertiary/aromatic N) is 4. The third-order valence-electron chi connectivity index (χ3n) is 12.3. The van der Waals surface area contributed by atoms with Gasteiger partial charge in [0, 0.05) is 22.4 Å². The van der Waals surface area contributed by atoms with Gasteiger partial charge in [-0.1, -0.05) is 176 Å². The van der Waals surface area contributed by atoms with Crippen molar-refractivity contribution >= 4 is 27.8 Å². The van der Waals surface area contributed by atoms with E-state index in [1.54, 1.807) is 0 Å². The van der Waals surface area contributed by atoms with Crippen LogP contribution in [0, 0.1) is 0 Å². The zero-order chi connectivity index (χ0) is 39.6. The van der Waals surface area contributed by atoms with Crippen molar-refractivity contribution in [2.75, 3.05) is 4.90 Å². The molecule has 0 saturated carbocycles. The topological polar surface area (TPSA) is 41.9 Å². The number of para-hydroxylation sites is 2. The third-order valence-corrected chi connectivity index (χ3v) is 12.3. The zero-order valence-corrected chi connectivity index (χ0v) is 32.6. The van der Waals surface area contributed by atoms with E-state index in [1.165, 1.54) is 39.1 Å². The van der Waals surface area contributed by atoms with Crippen LogP contribution in [-0.2, 0) is 5.41 Å². The zero-order valence-electron chi connectivity index (χ0n) is 32.6. The molecule has 4 nitrogen and oxygen atoms in total. The monoisotopic (exact) mass is 764 g/mol. The van der Waals surface area contributed by atoms with E-state index in [4.69, 9.17) is 15.0 Å². The van der Waals surface area contributed by atoms with Crippen LogP contribution in [0.25, 0.3) is 67.2 Å². The second kappa shape index (κ2) is 13.6. The van der Waals surface area contributed by atoms with Gasteiger partial charge in [-0.05, 0) is 97.7 Å². The number of hydrogen-bond acceptors (Lipinski definition) is 4. The summed E-state index contributed by atoms with van der Waals surface area (Å²) in [6.07, 6.45) is 0. The lowest BCUT2D eigenvalue weighted by atomic mass is 9.64. The highest BCUT2D eigenvalue weighted by molar-refractivity contribution is 6.01. The van der Waals surface area contributed by atoms with Crippen molar-refractivity contribution < 1.29 is 0 Å². The lowest BCUT2D eigenvalue weighted by Crippen LogP contribution is -2.36. The number of anilines is 3. The van der Waals surface area contributed by atoms with Gasteiger partial charge >= 0.3 is 0 Å². The Hall–Kier alpha value is -7.95. The molecule has 9 aromatic carbocycles. The van der Waals surface area contributed by atoms with Gasteiger partial charge in [-0.25, -0.2) is 15.0 Å². The van der Waals surface area contributed by atoms with Gasteiger partial charge in [0.15, 0.2) is 17.5 Å². The maximum atomic E-state index is 5.20. The van der Waals surface area contributed by atoms with E-state index >= 15 is 0 Å². The summed E-state index contributed by atoms with van der Waals surface area (Å²) >= 11 is 0. The first kappa shape index (κ1) is 34.1. The van der Waals surface area contributed by atoms with Crippen LogP contribution in [0.3, 0.4) is 0 Å². The second-order valence-electron chi connectivity index (χ2n) is 15.5. The van der Waals surface area contributed by atoms with Crippen molar-refractivity contribution in [1.29, 1.82) is 0 Å². The largest absolute Gasteiger partial charge is 0.310 e. The SMILES string of the molecule is c1ccc(-c2nc(-c3ccccc3)nc(-c3cc(-c4ccc5c(c4)C4(c6ccccc6-c6ccccc64)c4ccccc4N5c4ccccc4)cc4ccccc34)n2)cc1. The molecule has 0 bridgehead atoms. The van der Waals surface area contributed by atoms with Crippen LogP contribution >= 0.6 is 0 Å². The van der Waals surface area contributed by atoms with E-state index in [2.05, 4.69) is 187 Å². The summed E-state index contributed by atoms with van der Waals surface area (Å²) in [5, 5.41) is 2.20. The molecule has 280 valence electrons. The van der Waals surface area contributed by atoms with Gasteiger partial charge in [-0.3, -0.25) is 0 Å². The summed E-state index contributed by atoms with van der Waals surface area (Å²) in [6, 6.07) is 78.3. The summed E-state index contributed by atoms with van der Waals surface area (Å²) in [5.41, 5.74) is 15.6. The molecule has 12 rings (SSSR count). The minimum absolute atomic E-state index is 0.552. The fraction of sp³-hybridized carbons (Fsp3) is 0.0179. The Bertz CT molecular complexity index is 3170. The predicted octanol–water partition coefficient (Wildman–Crippen LogP) is 13.8. The minimum atomic E-state index is -0.552. The Kier molecular flexibility index (Phi) is 7.72. The van der Waals surface area contributed by atoms with Gasteiger partial charge < -0.3 is 4.90 Å². The van der Waals surface area contributed by atoms with Crippen LogP contribution in [0.15, 0.2) is 218 Å². The number of benzene rings is 9. The highest BCUT2D eigenvalue weighted by Crippen LogP contribution is 2.63. The number of hydrogen-bond donors (Lipinski definition) is 0. The quantitative estimate of drug-likeness (QED) is 0.175. The summed E-state index contributed by atoms with van der Waals surface area (Å²) < 4.78 is 0. The molecule has 0 amide bonds. The molecule has 2 aliphatic rings. The average molecular weight is 765 g/mol. The third kappa shape index (κ3) is 5.14. The van der Waals surface area contributed by atoms with Gasteiger partial charge in [-0.2, -0.15) is 0 Å². The van der Waals surface area contributed by atoms with Crippen molar-refractivity contribution in [3.63, 3.8) is 0 Å². The summed E-state index contributed by atoms with van der Waals surface area (Å²) in [7, 11) is 0. The van der Waals surface area contributed by atoms with Crippen LogP contribution in [0.4, 0.5) is 17.1 Å². The van der Waals surface area contributed by atoms with Crippen molar-refractivity contribution in [2.45, 2.75) is 5.41 Å². The van der Waals surface area contributed by atoms with Crippen LogP contribution in [-0.4, -0.2) is 15.0 Å². The van der Waals surface area contributed by atoms with E-state index in [0.717, 1.165) is 50.0 Å². The number of rotatable bonds is 5. The first-order valence-electron chi connectivity index (χ1n) is 20.4. The molecule has 1 aliphatic heterocycles. The maximum absolute atomic E-state index is 5.20. The van der Waals surface area contributed by atoms with E-state index in [1.807, 2.05) is 36.4 Å². The van der Waals surface area contributed by atoms with Gasteiger partial charge in [0.05, 0.1) is 16.8 Å². The Morgan fingerprint density at radius 1 is 0.317 bits per heavy atom. The van der Waals surface area contributed by atoms with Crippen molar-refractivity contribution in [3.05, 3.63) is 241 Å². The molecule has 0 unspecified atom stereocenters. The fourth-order valence-corrected chi connectivity index (χ4v) is 9.73. The standard InChI is InChI=1S/C56H36N4/c1-4-18-37(19-5-1)53-57-54(38-20-6-2-7-21-38)59-55(58-53)46-35-41(34-40-22-10-11-25-43(40)46)39-32-33-52-50(36-39)56(47-28-14-12-26-44(47)45-27-13-15-29-48(45)56)49-30-16-17-31-51(49)60(52)42-23-8-3-9-24-42/h1-36H. The Labute approximate surface area is 348 Å².